The van der Waals surface area contributed by atoms with Crippen LogP contribution < -0.4 is 15.8 Å². The van der Waals surface area contributed by atoms with Crippen LogP contribution in [-0.2, 0) is 14.3 Å². The lowest BCUT2D eigenvalue weighted by Gasteiger charge is -2.21. The highest BCUT2D eigenvalue weighted by Gasteiger charge is 2.40. The van der Waals surface area contributed by atoms with Gasteiger partial charge in [0.15, 0.2) is 6.61 Å². The molecule has 2 fully saturated rings. The van der Waals surface area contributed by atoms with Crippen molar-refractivity contribution in [1.29, 1.82) is 0 Å². The number of nitrogens with zero attached hydrogens (tertiary/aromatic N) is 1. The van der Waals surface area contributed by atoms with Gasteiger partial charge in [-0.05, 0) is 75.1 Å². The number of amides is 2. The van der Waals surface area contributed by atoms with Crippen molar-refractivity contribution in [3.05, 3.63) is 29.8 Å². The third kappa shape index (κ3) is 5.49. The number of ether oxygens (including phenoxy) is 1. The molecule has 0 saturated heterocycles. The fraction of sp³-hybridized carbons (Fsp3) is 0.591. The number of esters is 1. The fourth-order valence-corrected chi connectivity index (χ4v) is 4.69. The molecule has 3 atom stereocenters. The summed E-state index contributed by atoms with van der Waals surface area (Å²) in [6.07, 6.45) is 5.23. The molecule has 158 valence electrons. The third-order valence-electron chi connectivity index (χ3n) is 6.25. The van der Waals surface area contributed by atoms with Gasteiger partial charge in [0.05, 0.1) is 0 Å². The first-order valence-corrected chi connectivity index (χ1v) is 10.6. The van der Waals surface area contributed by atoms with Gasteiger partial charge in [0.1, 0.15) is 0 Å². The minimum absolute atomic E-state index is 0.337. The minimum Gasteiger partial charge on any atom is -0.455 e. The Bertz CT molecular complexity index is 730. The summed E-state index contributed by atoms with van der Waals surface area (Å²) in [5, 5.41) is 0. The largest absolute Gasteiger partial charge is 0.455 e. The van der Waals surface area contributed by atoms with Crippen molar-refractivity contribution in [2.45, 2.75) is 46.0 Å². The van der Waals surface area contributed by atoms with Gasteiger partial charge in [0.2, 0.25) is 0 Å². The van der Waals surface area contributed by atoms with Crippen molar-refractivity contribution in [2.24, 2.45) is 17.8 Å². The highest BCUT2D eigenvalue weighted by molar-refractivity contribution is 5.95. The number of carbonyl (C=O) groups is 3. The second-order valence-electron chi connectivity index (χ2n) is 8.02. The molecule has 0 aromatic heterocycles. The molecule has 1 aromatic carbocycles. The molecule has 2 bridgehead atoms. The Morgan fingerprint density at radius 3 is 2.34 bits per heavy atom. The van der Waals surface area contributed by atoms with Crippen LogP contribution in [0, 0.1) is 17.8 Å². The number of carbonyl (C=O) groups excluding carboxylic acids is 3. The maximum absolute atomic E-state index is 12.2. The first-order chi connectivity index (χ1) is 14.0. The molecule has 0 radical (unpaired) electrons. The number of benzene rings is 1. The van der Waals surface area contributed by atoms with Crippen LogP contribution in [0.4, 0.5) is 5.69 Å². The zero-order valence-electron chi connectivity index (χ0n) is 17.3. The molecule has 2 N–H and O–H groups in total. The SMILES string of the molecule is CCN(CC)c1ccc(C(=O)NNC(=O)COC(=O)C[C@@H]2C[C@H]3CC[C@@H]2C3)cc1. The summed E-state index contributed by atoms with van der Waals surface area (Å²) in [4.78, 5) is 38.2. The number of rotatable bonds is 8. The Balaban J connectivity index is 1.36. The molecule has 2 aliphatic rings. The number of hydrazine groups is 1. The van der Waals surface area contributed by atoms with E-state index in [0.717, 1.165) is 31.1 Å². The predicted octanol–water partition coefficient (Wildman–Crippen LogP) is 2.66. The molecule has 0 spiro atoms. The molecule has 0 heterocycles. The quantitative estimate of drug-likeness (QED) is 0.517. The summed E-state index contributed by atoms with van der Waals surface area (Å²) in [7, 11) is 0. The van der Waals surface area contributed by atoms with Gasteiger partial charge in [-0.3, -0.25) is 25.2 Å². The summed E-state index contributed by atoms with van der Waals surface area (Å²) in [5.41, 5.74) is 6.12. The molecule has 2 saturated carbocycles. The number of anilines is 1. The first-order valence-electron chi connectivity index (χ1n) is 10.6. The van der Waals surface area contributed by atoms with E-state index in [2.05, 4.69) is 29.6 Å². The van der Waals surface area contributed by atoms with Crippen LogP contribution >= 0.6 is 0 Å². The molecule has 0 unspecified atom stereocenters. The average molecular weight is 402 g/mol. The lowest BCUT2D eigenvalue weighted by Crippen LogP contribution is -2.43. The van der Waals surface area contributed by atoms with E-state index < -0.39 is 11.8 Å². The van der Waals surface area contributed by atoms with Crippen molar-refractivity contribution in [3.63, 3.8) is 0 Å². The van der Waals surface area contributed by atoms with Crippen LogP contribution in [0.5, 0.6) is 0 Å². The van der Waals surface area contributed by atoms with Crippen LogP contribution in [0.25, 0.3) is 0 Å². The fourth-order valence-electron chi connectivity index (χ4n) is 4.69. The number of nitrogens with one attached hydrogen (secondary N) is 2. The van der Waals surface area contributed by atoms with Gasteiger partial charge in [-0.1, -0.05) is 6.42 Å². The maximum atomic E-state index is 12.2. The molecule has 2 aliphatic carbocycles. The second-order valence-corrected chi connectivity index (χ2v) is 8.02. The van der Waals surface area contributed by atoms with Gasteiger partial charge < -0.3 is 9.64 Å². The topological polar surface area (TPSA) is 87.7 Å². The smallest absolute Gasteiger partial charge is 0.306 e. The highest BCUT2D eigenvalue weighted by Crippen LogP contribution is 2.49. The molecular weight excluding hydrogens is 370 g/mol. The molecular formula is C22H31N3O4. The van der Waals surface area contributed by atoms with Gasteiger partial charge in [0.25, 0.3) is 11.8 Å². The van der Waals surface area contributed by atoms with E-state index in [1.165, 1.54) is 19.3 Å². The monoisotopic (exact) mass is 401 g/mol. The summed E-state index contributed by atoms with van der Waals surface area (Å²) >= 11 is 0. The zero-order chi connectivity index (χ0) is 20.8. The van der Waals surface area contributed by atoms with E-state index in [-0.39, 0.29) is 12.6 Å². The van der Waals surface area contributed by atoms with E-state index in [9.17, 15) is 14.4 Å². The molecule has 2 amide bonds. The Labute approximate surface area is 172 Å². The van der Waals surface area contributed by atoms with Gasteiger partial charge in [-0.15, -0.1) is 0 Å². The van der Waals surface area contributed by atoms with E-state index >= 15 is 0 Å². The number of fused-ring (bicyclic) bond motifs is 2. The van der Waals surface area contributed by atoms with Gasteiger partial charge in [-0.2, -0.15) is 0 Å². The second kappa shape index (κ2) is 9.76. The van der Waals surface area contributed by atoms with Crippen LogP contribution in [0.1, 0.15) is 56.3 Å². The Morgan fingerprint density at radius 2 is 1.76 bits per heavy atom. The van der Waals surface area contributed by atoms with E-state index in [0.29, 0.717) is 23.8 Å². The zero-order valence-corrected chi connectivity index (χ0v) is 17.3. The van der Waals surface area contributed by atoms with Gasteiger partial charge in [-0.25, -0.2) is 0 Å². The van der Waals surface area contributed by atoms with Gasteiger partial charge in [0, 0.05) is 30.8 Å². The van der Waals surface area contributed by atoms with Gasteiger partial charge >= 0.3 is 5.97 Å². The normalized spacial score (nSPS) is 22.2. The summed E-state index contributed by atoms with van der Waals surface area (Å²) < 4.78 is 5.07. The molecule has 0 aliphatic heterocycles. The Hall–Kier alpha value is -2.57. The van der Waals surface area contributed by atoms with Crippen molar-refractivity contribution in [2.75, 3.05) is 24.6 Å². The van der Waals surface area contributed by atoms with E-state index in [1.54, 1.807) is 12.1 Å². The van der Waals surface area contributed by atoms with Crippen LogP contribution in [0.15, 0.2) is 24.3 Å². The average Bonchev–Trinajstić information content (AvgIpc) is 3.35. The molecule has 3 rings (SSSR count). The van der Waals surface area contributed by atoms with Crippen molar-refractivity contribution in [3.8, 4) is 0 Å². The van der Waals surface area contributed by atoms with Crippen molar-refractivity contribution in [1.82, 2.24) is 10.9 Å². The predicted molar refractivity (Wildman–Crippen MR) is 110 cm³/mol. The Morgan fingerprint density at radius 1 is 1.03 bits per heavy atom. The first kappa shape index (κ1) is 21.1. The maximum Gasteiger partial charge on any atom is 0.306 e. The lowest BCUT2D eigenvalue weighted by atomic mass is 9.86. The van der Waals surface area contributed by atoms with Crippen LogP contribution in [0.3, 0.4) is 0 Å². The summed E-state index contributed by atoms with van der Waals surface area (Å²) in [6, 6.07) is 7.18. The number of hydrogen-bond donors (Lipinski definition) is 2. The van der Waals surface area contributed by atoms with Crippen molar-refractivity contribution < 1.29 is 19.1 Å². The molecule has 29 heavy (non-hydrogen) atoms. The van der Waals surface area contributed by atoms with Crippen LogP contribution in [0.2, 0.25) is 0 Å². The van der Waals surface area contributed by atoms with E-state index in [4.69, 9.17) is 4.74 Å². The minimum atomic E-state index is -0.556. The molecule has 7 heteroatoms. The lowest BCUT2D eigenvalue weighted by molar-refractivity contribution is -0.150. The standard InChI is InChI=1S/C22H31N3O4/c1-3-25(4-2)19-9-7-16(8-10-19)22(28)24-23-20(26)14-29-21(27)13-18-12-15-5-6-17(18)11-15/h7-10,15,17-18H,3-6,11-14H2,1-2H3,(H,23,26)(H,24,28)/t15-,17+,18-/m0/s1. The van der Waals surface area contributed by atoms with Crippen LogP contribution in [-0.4, -0.2) is 37.5 Å². The summed E-state index contributed by atoms with van der Waals surface area (Å²) in [5.74, 6) is 0.516. The van der Waals surface area contributed by atoms with E-state index in [1.807, 2.05) is 12.1 Å². The van der Waals surface area contributed by atoms with Crippen molar-refractivity contribution >= 4 is 23.5 Å². The Kier molecular flexibility index (Phi) is 7.12. The third-order valence-corrected chi connectivity index (χ3v) is 6.25. The highest BCUT2D eigenvalue weighted by atomic mass is 16.5. The number of hydrogen-bond acceptors (Lipinski definition) is 5. The molecule has 1 aromatic rings. The molecule has 7 nitrogen and oxygen atoms in total. The summed E-state index contributed by atoms with van der Waals surface area (Å²) in [6.45, 7) is 5.53.